The third kappa shape index (κ3) is 12.2. The molecule has 28 heavy (non-hydrogen) atoms. The van der Waals surface area contributed by atoms with Gasteiger partial charge in [-0.3, -0.25) is 0 Å². The highest BCUT2D eigenvalue weighted by Gasteiger charge is 2.10. The standard InChI is InChI=1S/C19H25Br2Cl2NO4/c1-14(2)24-28-11-10-25-7-4-3-5-8-27-19-16(20)12-15(13-17(19)21)26-9-6-18(22)23/h6,12-13H,3-5,7-11H2,1-2H3. The van der Waals surface area contributed by atoms with Crippen LogP contribution in [-0.4, -0.2) is 38.7 Å². The van der Waals surface area contributed by atoms with Crippen LogP contribution in [0.1, 0.15) is 33.1 Å². The first-order chi connectivity index (χ1) is 13.4. The molecule has 0 radical (unpaired) electrons. The summed E-state index contributed by atoms with van der Waals surface area (Å²) in [6.07, 6.45) is 4.52. The Kier molecular flexibility index (Phi) is 14.0. The van der Waals surface area contributed by atoms with Crippen LogP contribution in [0.15, 0.2) is 36.8 Å². The fourth-order valence-electron chi connectivity index (χ4n) is 1.99. The molecule has 0 aliphatic rings. The minimum absolute atomic E-state index is 0.178. The molecular weight excluding hydrogens is 537 g/mol. The van der Waals surface area contributed by atoms with Crippen LogP contribution in [0.5, 0.6) is 11.5 Å². The first kappa shape index (κ1) is 25.6. The lowest BCUT2D eigenvalue weighted by atomic mass is 10.2. The van der Waals surface area contributed by atoms with Gasteiger partial charge in [0.15, 0.2) is 0 Å². The van der Waals surface area contributed by atoms with Gasteiger partial charge in [0.05, 0.1) is 27.9 Å². The molecule has 0 heterocycles. The fourth-order valence-corrected chi connectivity index (χ4v) is 3.49. The van der Waals surface area contributed by atoms with E-state index in [0.29, 0.717) is 38.8 Å². The van der Waals surface area contributed by atoms with Gasteiger partial charge in [0, 0.05) is 6.61 Å². The third-order valence-electron chi connectivity index (χ3n) is 3.20. The molecule has 0 saturated carbocycles. The molecule has 1 aromatic carbocycles. The molecule has 0 bridgehead atoms. The Morgan fingerprint density at radius 3 is 2.29 bits per heavy atom. The molecule has 158 valence electrons. The molecule has 1 rings (SSSR count). The van der Waals surface area contributed by atoms with Crippen LogP contribution in [0.2, 0.25) is 0 Å². The zero-order chi connectivity index (χ0) is 20.8. The SMILES string of the molecule is CC(C)=NOCCOCCCCCOc1c(Br)cc(OCC=C(Cl)Cl)cc1Br. The fraction of sp³-hybridized carbons (Fsp3) is 0.526. The van der Waals surface area contributed by atoms with Gasteiger partial charge in [-0.05, 0) is 83.2 Å². The van der Waals surface area contributed by atoms with Crippen molar-refractivity contribution in [2.24, 2.45) is 5.16 Å². The van der Waals surface area contributed by atoms with Crippen LogP contribution < -0.4 is 9.47 Å². The van der Waals surface area contributed by atoms with Crippen molar-refractivity contribution in [2.45, 2.75) is 33.1 Å². The maximum atomic E-state index is 5.87. The maximum absolute atomic E-state index is 5.87. The van der Waals surface area contributed by atoms with Gasteiger partial charge < -0.3 is 19.0 Å². The number of oxime groups is 1. The molecule has 0 N–H and O–H groups in total. The number of hydrogen-bond acceptors (Lipinski definition) is 5. The Labute approximate surface area is 193 Å². The predicted molar refractivity (Wildman–Crippen MR) is 122 cm³/mol. The van der Waals surface area contributed by atoms with Crippen LogP contribution in [0.3, 0.4) is 0 Å². The van der Waals surface area contributed by atoms with Crippen LogP contribution in [0.25, 0.3) is 0 Å². The van der Waals surface area contributed by atoms with Gasteiger partial charge in [0.2, 0.25) is 0 Å². The lowest BCUT2D eigenvalue weighted by molar-refractivity contribution is 0.0488. The Hall–Kier alpha value is -0.470. The largest absolute Gasteiger partial charge is 0.491 e. The molecule has 5 nitrogen and oxygen atoms in total. The van der Waals surface area contributed by atoms with Gasteiger partial charge in [-0.2, -0.15) is 0 Å². The molecule has 0 aromatic heterocycles. The summed E-state index contributed by atoms with van der Waals surface area (Å²) in [4.78, 5) is 5.06. The second-order valence-electron chi connectivity index (χ2n) is 5.91. The van der Waals surface area contributed by atoms with E-state index in [0.717, 1.165) is 39.7 Å². The molecular formula is C19H25Br2Cl2NO4. The smallest absolute Gasteiger partial charge is 0.147 e. The van der Waals surface area contributed by atoms with Crippen LogP contribution in [-0.2, 0) is 9.57 Å². The van der Waals surface area contributed by atoms with Gasteiger partial charge >= 0.3 is 0 Å². The molecule has 0 spiro atoms. The quantitative estimate of drug-likeness (QED) is 0.141. The summed E-state index contributed by atoms with van der Waals surface area (Å²) in [5, 5.41) is 3.84. The monoisotopic (exact) mass is 559 g/mol. The zero-order valence-corrected chi connectivity index (χ0v) is 20.7. The molecule has 0 fully saturated rings. The van der Waals surface area contributed by atoms with E-state index in [-0.39, 0.29) is 4.49 Å². The molecule has 0 aliphatic carbocycles. The van der Waals surface area contributed by atoms with E-state index >= 15 is 0 Å². The molecule has 0 saturated heterocycles. The highest BCUT2D eigenvalue weighted by Crippen LogP contribution is 2.37. The van der Waals surface area contributed by atoms with Crippen molar-refractivity contribution < 1.29 is 19.0 Å². The van der Waals surface area contributed by atoms with Crippen molar-refractivity contribution in [1.29, 1.82) is 0 Å². The van der Waals surface area contributed by atoms with E-state index in [2.05, 4.69) is 37.0 Å². The molecule has 9 heteroatoms. The second kappa shape index (κ2) is 15.4. The lowest BCUT2D eigenvalue weighted by Crippen LogP contribution is -2.04. The van der Waals surface area contributed by atoms with Gasteiger partial charge in [0.1, 0.15) is 29.2 Å². The molecule has 0 amide bonds. The lowest BCUT2D eigenvalue weighted by Gasteiger charge is -2.12. The molecule has 0 unspecified atom stereocenters. The summed E-state index contributed by atoms with van der Waals surface area (Å²) in [5.74, 6) is 1.43. The van der Waals surface area contributed by atoms with Crippen molar-refractivity contribution in [1.82, 2.24) is 0 Å². The number of halogens is 4. The molecule has 1 aromatic rings. The normalized spacial score (nSPS) is 10.4. The summed E-state index contributed by atoms with van der Waals surface area (Å²) < 4.78 is 18.7. The van der Waals surface area contributed by atoms with Crippen molar-refractivity contribution in [3.8, 4) is 11.5 Å². The predicted octanol–water partition coefficient (Wildman–Crippen LogP) is 6.89. The van der Waals surface area contributed by atoms with Crippen molar-refractivity contribution in [3.63, 3.8) is 0 Å². The van der Waals surface area contributed by atoms with Crippen LogP contribution in [0, 0.1) is 0 Å². The molecule has 0 atom stereocenters. The number of rotatable bonds is 14. The van der Waals surface area contributed by atoms with Crippen LogP contribution >= 0.6 is 55.1 Å². The summed E-state index contributed by atoms with van der Waals surface area (Å²) >= 11 is 18.1. The number of ether oxygens (including phenoxy) is 3. The van der Waals surface area contributed by atoms with Gasteiger partial charge in [-0.25, -0.2) is 0 Å². The minimum atomic E-state index is 0.178. The van der Waals surface area contributed by atoms with E-state index in [1.54, 1.807) is 6.08 Å². The van der Waals surface area contributed by atoms with Crippen molar-refractivity contribution in [2.75, 3.05) is 33.0 Å². The zero-order valence-electron chi connectivity index (χ0n) is 16.0. The van der Waals surface area contributed by atoms with E-state index in [9.17, 15) is 0 Å². The average Bonchev–Trinajstić information content (AvgIpc) is 2.61. The Bertz CT molecular complexity index is 626. The Morgan fingerprint density at radius 1 is 0.964 bits per heavy atom. The van der Waals surface area contributed by atoms with Crippen LogP contribution in [0.4, 0.5) is 0 Å². The van der Waals surface area contributed by atoms with Crippen molar-refractivity contribution in [3.05, 3.63) is 31.6 Å². The number of benzene rings is 1. The minimum Gasteiger partial charge on any atom is -0.491 e. The highest BCUT2D eigenvalue weighted by molar-refractivity contribution is 9.11. The molecule has 0 aliphatic heterocycles. The number of nitrogens with zero attached hydrogens (tertiary/aromatic N) is 1. The first-order valence-corrected chi connectivity index (χ1v) is 11.2. The van der Waals surface area contributed by atoms with Gasteiger partial charge in [-0.15, -0.1) is 0 Å². The highest BCUT2D eigenvalue weighted by atomic mass is 79.9. The number of unbranched alkanes of at least 4 members (excludes halogenated alkanes) is 2. The Balaban J connectivity index is 2.19. The summed E-state index contributed by atoms with van der Waals surface area (Å²) in [6.45, 7) is 6.42. The van der Waals surface area contributed by atoms with E-state index in [1.165, 1.54) is 0 Å². The van der Waals surface area contributed by atoms with Crippen molar-refractivity contribution >= 4 is 60.8 Å². The average molecular weight is 562 g/mol. The Morgan fingerprint density at radius 2 is 1.64 bits per heavy atom. The summed E-state index contributed by atoms with van der Waals surface area (Å²) in [5.41, 5.74) is 0.897. The number of hydrogen-bond donors (Lipinski definition) is 0. The van der Waals surface area contributed by atoms with E-state index < -0.39 is 0 Å². The summed E-state index contributed by atoms with van der Waals surface area (Å²) in [6, 6.07) is 3.69. The topological polar surface area (TPSA) is 49.3 Å². The maximum Gasteiger partial charge on any atom is 0.147 e. The first-order valence-electron chi connectivity index (χ1n) is 8.87. The second-order valence-corrected chi connectivity index (χ2v) is 8.63. The van der Waals surface area contributed by atoms with E-state index in [1.807, 2.05) is 26.0 Å². The van der Waals surface area contributed by atoms with Gasteiger partial charge in [-0.1, -0.05) is 28.4 Å². The van der Waals surface area contributed by atoms with E-state index in [4.69, 9.17) is 42.3 Å². The third-order valence-corrected chi connectivity index (χ3v) is 4.69. The summed E-state index contributed by atoms with van der Waals surface area (Å²) in [7, 11) is 0. The van der Waals surface area contributed by atoms with Gasteiger partial charge in [0.25, 0.3) is 0 Å².